The number of benzene rings is 1. The first kappa shape index (κ1) is 16.2. The van der Waals surface area contributed by atoms with Crippen LogP contribution >= 0.6 is 0 Å². The van der Waals surface area contributed by atoms with Crippen molar-refractivity contribution in [2.75, 3.05) is 26.2 Å². The Morgan fingerprint density at radius 2 is 1.85 bits per heavy atom. The topological polar surface area (TPSA) is 99.8 Å². The first-order chi connectivity index (χ1) is 12.6. The molecule has 1 fully saturated rings. The Kier molecular flexibility index (Phi) is 4.08. The molecule has 0 spiro atoms. The van der Waals surface area contributed by atoms with Gasteiger partial charge < -0.3 is 18.6 Å². The Balaban J connectivity index is 1.37. The third-order valence-corrected chi connectivity index (χ3v) is 4.49. The van der Waals surface area contributed by atoms with Crippen LogP contribution in [0.4, 0.5) is 0 Å². The maximum atomic E-state index is 12.5. The van der Waals surface area contributed by atoms with Gasteiger partial charge in [-0.25, -0.2) is 4.79 Å². The van der Waals surface area contributed by atoms with Gasteiger partial charge >= 0.3 is 5.76 Å². The predicted octanol–water partition coefficient (Wildman–Crippen LogP) is 1.24. The van der Waals surface area contributed by atoms with Gasteiger partial charge in [-0.3, -0.25) is 14.6 Å². The molecule has 0 bridgehead atoms. The van der Waals surface area contributed by atoms with Crippen molar-refractivity contribution in [3.8, 4) is 0 Å². The van der Waals surface area contributed by atoms with Gasteiger partial charge in [0.2, 0.25) is 5.91 Å². The largest absolute Gasteiger partial charge is 0.459 e. The van der Waals surface area contributed by atoms with Crippen molar-refractivity contribution < 1.29 is 18.4 Å². The second-order valence-corrected chi connectivity index (χ2v) is 6.17. The van der Waals surface area contributed by atoms with Gasteiger partial charge in [-0.15, -0.1) is 0 Å². The lowest BCUT2D eigenvalue weighted by molar-refractivity contribution is -0.131. The van der Waals surface area contributed by atoms with Gasteiger partial charge in [0.05, 0.1) is 18.2 Å². The zero-order valence-corrected chi connectivity index (χ0v) is 13.9. The quantitative estimate of drug-likeness (QED) is 0.762. The van der Waals surface area contributed by atoms with Crippen LogP contribution in [0.25, 0.3) is 11.1 Å². The molecule has 0 unspecified atom stereocenters. The Morgan fingerprint density at radius 1 is 1.08 bits per heavy atom. The molecule has 26 heavy (non-hydrogen) atoms. The van der Waals surface area contributed by atoms with Gasteiger partial charge in [0.1, 0.15) is 0 Å². The van der Waals surface area contributed by atoms with Crippen LogP contribution < -0.4 is 5.76 Å². The predicted molar refractivity (Wildman–Crippen MR) is 91.7 cm³/mol. The molecule has 8 heteroatoms. The number of hydrogen-bond donors (Lipinski definition) is 1. The molecule has 1 saturated heterocycles. The number of nitrogens with zero attached hydrogens (tertiary/aromatic N) is 2. The summed E-state index contributed by atoms with van der Waals surface area (Å²) in [7, 11) is 0. The van der Waals surface area contributed by atoms with Gasteiger partial charge in [0.25, 0.3) is 5.91 Å². The standard InChI is InChI=1S/C18H17N3O5/c22-16(11-12-3-4-14-13(10-12)19-18(24)26-14)20-5-7-21(8-6-20)17(23)15-2-1-9-25-15/h1-4,9-10H,5-8,11H2,(H,19,24). The van der Waals surface area contributed by atoms with Crippen LogP contribution in [0.1, 0.15) is 16.1 Å². The van der Waals surface area contributed by atoms with E-state index in [9.17, 15) is 14.4 Å². The number of fused-ring (bicyclic) bond motifs is 1. The van der Waals surface area contributed by atoms with E-state index in [1.54, 1.807) is 40.1 Å². The van der Waals surface area contributed by atoms with Gasteiger partial charge in [-0.2, -0.15) is 0 Å². The highest BCUT2D eigenvalue weighted by molar-refractivity contribution is 5.91. The Bertz CT molecular complexity index is 993. The fourth-order valence-electron chi connectivity index (χ4n) is 3.11. The summed E-state index contributed by atoms with van der Waals surface area (Å²) in [6.07, 6.45) is 1.70. The molecule has 3 heterocycles. The molecule has 0 atom stereocenters. The van der Waals surface area contributed by atoms with Crippen molar-refractivity contribution in [3.63, 3.8) is 0 Å². The second-order valence-electron chi connectivity index (χ2n) is 6.17. The summed E-state index contributed by atoms with van der Waals surface area (Å²) >= 11 is 0. The third-order valence-electron chi connectivity index (χ3n) is 4.49. The normalized spacial score (nSPS) is 14.8. The minimum atomic E-state index is -0.513. The molecular formula is C18H17N3O5. The van der Waals surface area contributed by atoms with E-state index in [4.69, 9.17) is 8.83 Å². The summed E-state index contributed by atoms with van der Waals surface area (Å²) in [6.45, 7) is 1.91. The summed E-state index contributed by atoms with van der Waals surface area (Å²) in [5.74, 6) is -0.371. The van der Waals surface area contributed by atoms with E-state index in [2.05, 4.69) is 4.98 Å². The van der Waals surface area contributed by atoms with Crippen LogP contribution in [0.2, 0.25) is 0 Å². The zero-order valence-electron chi connectivity index (χ0n) is 13.9. The van der Waals surface area contributed by atoms with Crippen molar-refractivity contribution in [3.05, 3.63) is 58.5 Å². The van der Waals surface area contributed by atoms with Gasteiger partial charge in [0, 0.05) is 26.2 Å². The highest BCUT2D eigenvalue weighted by atomic mass is 16.4. The molecule has 0 saturated carbocycles. The van der Waals surface area contributed by atoms with Crippen molar-refractivity contribution >= 4 is 22.9 Å². The van der Waals surface area contributed by atoms with Crippen LogP contribution in [-0.4, -0.2) is 52.8 Å². The number of carbonyl (C=O) groups is 2. The molecule has 1 N–H and O–H groups in total. The minimum Gasteiger partial charge on any atom is -0.459 e. The number of aromatic amines is 1. The van der Waals surface area contributed by atoms with E-state index in [0.29, 0.717) is 43.0 Å². The highest BCUT2D eigenvalue weighted by Crippen LogP contribution is 2.15. The fourth-order valence-corrected chi connectivity index (χ4v) is 3.11. The second kappa shape index (κ2) is 6.55. The molecule has 0 aliphatic carbocycles. The number of hydrogen-bond acceptors (Lipinski definition) is 5. The van der Waals surface area contributed by atoms with Crippen molar-refractivity contribution in [2.45, 2.75) is 6.42 Å². The summed E-state index contributed by atoms with van der Waals surface area (Å²) in [5.41, 5.74) is 1.85. The average molecular weight is 355 g/mol. The molecule has 1 aliphatic heterocycles. The van der Waals surface area contributed by atoms with Crippen LogP contribution in [0.3, 0.4) is 0 Å². The van der Waals surface area contributed by atoms with Gasteiger partial charge in [0.15, 0.2) is 11.3 Å². The number of oxazole rings is 1. The Hall–Kier alpha value is -3.29. The number of H-pyrrole nitrogens is 1. The Morgan fingerprint density at radius 3 is 2.58 bits per heavy atom. The molecule has 1 aromatic carbocycles. The number of aromatic nitrogens is 1. The van der Waals surface area contributed by atoms with Crippen LogP contribution in [0, 0.1) is 0 Å². The maximum absolute atomic E-state index is 12.5. The molecule has 1 aliphatic rings. The van der Waals surface area contributed by atoms with Gasteiger partial charge in [-0.1, -0.05) is 6.07 Å². The van der Waals surface area contributed by atoms with E-state index in [1.165, 1.54) is 6.26 Å². The summed E-state index contributed by atoms with van der Waals surface area (Å²) in [6, 6.07) is 8.51. The monoisotopic (exact) mass is 355 g/mol. The number of furan rings is 1. The average Bonchev–Trinajstić information content (AvgIpc) is 3.29. The molecule has 3 aromatic rings. The van der Waals surface area contributed by atoms with Crippen LogP contribution in [0.15, 0.2) is 50.2 Å². The highest BCUT2D eigenvalue weighted by Gasteiger charge is 2.26. The number of piperazine rings is 1. The molecule has 2 aromatic heterocycles. The number of amides is 2. The minimum absolute atomic E-state index is 0.0136. The smallest absolute Gasteiger partial charge is 0.417 e. The molecule has 0 radical (unpaired) electrons. The van der Waals surface area contributed by atoms with Crippen LogP contribution in [0.5, 0.6) is 0 Å². The lowest BCUT2D eigenvalue weighted by Gasteiger charge is -2.34. The van der Waals surface area contributed by atoms with E-state index in [-0.39, 0.29) is 18.2 Å². The summed E-state index contributed by atoms with van der Waals surface area (Å²) in [4.78, 5) is 42.0. The lowest BCUT2D eigenvalue weighted by atomic mass is 10.1. The SMILES string of the molecule is O=C(Cc1ccc2oc(=O)[nH]c2c1)N1CCN(C(=O)c2ccco2)CC1. The number of rotatable bonds is 3. The molecular weight excluding hydrogens is 338 g/mol. The summed E-state index contributed by atoms with van der Waals surface area (Å²) < 4.78 is 10.1. The van der Waals surface area contributed by atoms with E-state index < -0.39 is 5.76 Å². The van der Waals surface area contributed by atoms with E-state index >= 15 is 0 Å². The van der Waals surface area contributed by atoms with Gasteiger partial charge in [-0.05, 0) is 29.8 Å². The zero-order chi connectivity index (χ0) is 18.1. The summed E-state index contributed by atoms with van der Waals surface area (Å²) in [5, 5.41) is 0. The lowest BCUT2D eigenvalue weighted by Crippen LogP contribution is -2.50. The Labute approximate surface area is 148 Å². The molecule has 4 rings (SSSR count). The molecule has 2 amide bonds. The fraction of sp³-hybridized carbons (Fsp3) is 0.278. The number of nitrogens with one attached hydrogen (secondary N) is 1. The first-order valence-corrected chi connectivity index (χ1v) is 8.32. The first-order valence-electron chi connectivity index (χ1n) is 8.32. The van der Waals surface area contributed by atoms with E-state index in [1.807, 2.05) is 0 Å². The molecule has 8 nitrogen and oxygen atoms in total. The maximum Gasteiger partial charge on any atom is 0.417 e. The molecule has 134 valence electrons. The van der Waals surface area contributed by atoms with E-state index in [0.717, 1.165) is 5.56 Å². The van der Waals surface area contributed by atoms with Crippen molar-refractivity contribution in [1.29, 1.82) is 0 Å². The third kappa shape index (κ3) is 3.13. The van der Waals surface area contributed by atoms with Crippen molar-refractivity contribution in [1.82, 2.24) is 14.8 Å². The van der Waals surface area contributed by atoms with Crippen molar-refractivity contribution in [2.24, 2.45) is 0 Å². The number of carbonyl (C=O) groups excluding carboxylic acids is 2. The van der Waals surface area contributed by atoms with Crippen LogP contribution in [-0.2, 0) is 11.2 Å².